The molecule has 1 aliphatic heterocycles. The van der Waals surface area contributed by atoms with E-state index < -0.39 is 6.10 Å². The zero-order valence-corrected chi connectivity index (χ0v) is 12.6. The van der Waals surface area contributed by atoms with E-state index in [0.29, 0.717) is 13.2 Å². The van der Waals surface area contributed by atoms with Crippen molar-refractivity contribution in [2.45, 2.75) is 39.1 Å². The molecule has 0 radical (unpaired) electrons. The van der Waals surface area contributed by atoms with E-state index in [1.807, 2.05) is 31.2 Å². The van der Waals surface area contributed by atoms with E-state index in [2.05, 4.69) is 13.8 Å². The van der Waals surface area contributed by atoms with Gasteiger partial charge in [0.15, 0.2) is 0 Å². The average Bonchev–Trinajstić information content (AvgIpc) is 2.36. The van der Waals surface area contributed by atoms with Crippen molar-refractivity contribution in [2.75, 3.05) is 26.2 Å². The number of rotatable bonds is 5. The van der Waals surface area contributed by atoms with Crippen LogP contribution in [-0.4, -0.2) is 49.7 Å². The number of hydrogen-bond donors (Lipinski definition) is 2. The summed E-state index contributed by atoms with van der Waals surface area (Å²) in [4.78, 5) is 1.39. The van der Waals surface area contributed by atoms with Crippen molar-refractivity contribution in [3.8, 4) is 5.75 Å². The van der Waals surface area contributed by atoms with Gasteiger partial charge in [0.1, 0.15) is 50.3 Å². The molecule has 0 unspecified atom stereocenters. The fourth-order valence-corrected chi connectivity index (χ4v) is 2.85. The zero-order valence-electron chi connectivity index (χ0n) is 12.6. The van der Waals surface area contributed by atoms with Gasteiger partial charge in [-0.05, 0) is 32.4 Å². The Morgan fingerprint density at radius 1 is 1.30 bits per heavy atom. The lowest BCUT2D eigenvalue weighted by atomic mass is 10.2. The van der Waals surface area contributed by atoms with Crippen molar-refractivity contribution in [2.24, 2.45) is 0 Å². The highest BCUT2D eigenvalue weighted by molar-refractivity contribution is 5.31. The van der Waals surface area contributed by atoms with E-state index in [4.69, 9.17) is 9.47 Å². The first-order valence-electron chi connectivity index (χ1n) is 7.40. The third-order valence-corrected chi connectivity index (χ3v) is 3.67. The normalized spacial score (nSPS) is 28.1. The van der Waals surface area contributed by atoms with Crippen molar-refractivity contribution < 1.29 is 19.5 Å². The minimum atomic E-state index is -0.442. The molecule has 4 heteroatoms. The van der Waals surface area contributed by atoms with E-state index in [0.717, 1.165) is 24.4 Å². The van der Waals surface area contributed by atoms with Crippen LogP contribution in [0.15, 0.2) is 24.3 Å². The van der Waals surface area contributed by atoms with Crippen LogP contribution in [0.5, 0.6) is 5.75 Å². The number of aliphatic hydroxyl groups is 1. The van der Waals surface area contributed by atoms with Crippen LogP contribution in [0.4, 0.5) is 0 Å². The Morgan fingerprint density at radius 2 is 1.95 bits per heavy atom. The maximum absolute atomic E-state index is 10.1. The van der Waals surface area contributed by atoms with Crippen molar-refractivity contribution in [1.82, 2.24) is 0 Å². The summed E-state index contributed by atoms with van der Waals surface area (Å²) in [6, 6.07) is 7.89. The summed E-state index contributed by atoms with van der Waals surface area (Å²) in [5, 5.41) is 10.1. The fourth-order valence-electron chi connectivity index (χ4n) is 2.85. The number of quaternary nitrogens is 1. The van der Waals surface area contributed by atoms with Gasteiger partial charge in [-0.15, -0.1) is 0 Å². The predicted molar refractivity (Wildman–Crippen MR) is 78.3 cm³/mol. The number of aliphatic hydroxyl groups excluding tert-OH is 1. The van der Waals surface area contributed by atoms with Crippen molar-refractivity contribution in [3.05, 3.63) is 29.8 Å². The van der Waals surface area contributed by atoms with Crippen LogP contribution < -0.4 is 9.64 Å². The molecule has 0 spiro atoms. The van der Waals surface area contributed by atoms with E-state index in [1.54, 1.807) is 0 Å². The summed E-state index contributed by atoms with van der Waals surface area (Å²) in [6.45, 7) is 9.15. The quantitative estimate of drug-likeness (QED) is 0.822. The maximum Gasteiger partial charge on any atom is 0.137 e. The van der Waals surface area contributed by atoms with Gasteiger partial charge in [-0.3, -0.25) is 0 Å². The number of hydrogen-bond acceptors (Lipinski definition) is 3. The number of aryl methyl sites for hydroxylation is 1. The zero-order chi connectivity index (χ0) is 14.5. The number of ether oxygens (including phenoxy) is 2. The minimum Gasteiger partial charge on any atom is -0.490 e. The number of benzene rings is 1. The van der Waals surface area contributed by atoms with Crippen LogP contribution in [0.2, 0.25) is 0 Å². The SMILES string of the molecule is Cc1ccccc1OC[C@@H](O)C[NH+]1C[C@@H](C)O[C@H](C)C1. The van der Waals surface area contributed by atoms with Gasteiger partial charge in [0.25, 0.3) is 0 Å². The van der Waals surface area contributed by atoms with Gasteiger partial charge >= 0.3 is 0 Å². The lowest BCUT2D eigenvalue weighted by Gasteiger charge is -2.33. The Balaban J connectivity index is 1.78. The first-order valence-corrected chi connectivity index (χ1v) is 7.40. The standard InChI is InChI=1S/C16H25NO3/c1-12-6-4-5-7-16(12)19-11-15(18)10-17-8-13(2)20-14(3)9-17/h4-7,13-15,18H,8-11H2,1-3H3/p+1/t13-,14-,15+/m1/s1. The highest BCUT2D eigenvalue weighted by atomic mass is 16.5. The highest BCUT2D eigenvalue weighted by Gasteiger charge is 2.27. The van der Waals surface area contributed by atoms with Gasteiger partial charge in [-0.25, -0.2) is 0 Å². The Morgan fingerprint density at radius 3 is 2.60 bits per heavy atom. The predicted octanol–water partition coefficient (Wildman–Crippen LogP) is 0.427. The molecule has 1 fully saturated rings. The van der Waals surface area contributed by atoms with Gasteiger partial charge in [0, 0.05) is 0 Å². The molecule has 0 saturated carbocycles. The van der Waals surface area contributed by atoms with Crippen LogP contribution in [0.1, 0.15) is 19.4 Å². The fraction of sp³-hybridized carbons (Fsp3) is 0.625. The van der Waals surface area contributed by atoms with Gasteiger partial charge in [0.2, 0.25) is 0 Å². The van der Waals surface area contributed by atoms with Crippen LogP contribution in [0.3, 0.4) is 0 Å². The second-order valence-corrected chi connectivity index (χ2v) is 5.85. The molecule has 0 amide bonds. The topological polar surface area (TPSA) is 43.1 Å². The monoisotopic (exact) mass is 280 g/mol. The lowest BCUT2D eigenvalue weighted by Crippen LogP contribution is -3.16. The smallest absolute Gasteiger partial charge is 0.137 e. The summed E-state index contributed by atoms with van der Waals surface area (Å²) >= 11 is 0. The molecule has 1 aromatic carbocycles. The first kappa shape index (κ1) is 15.3. The van der Waals surface area contributed by atoms with E-state index in [9.17, 15) is 5.11 Å². The molecule has 1 saturated heterocycles. The van der Waals surface area contributed by atoms with Crippen LogP contribution in [-0.2, 0) is 4.74 Å². The summed E-state index contributed by atoms with van der Waals surface area (Å²) in [5.74, 6) is 0.852. The lowest BCUT2D eigenvalue weighted by molar-refractivity contribution is -0.918. The Labute approximate surface area is 121 Å². The average molecular weight is 280 g/mol. The highest BCUT2D eigenvalue weighted by Crippen LogP contribution is 2.16. The summed E-state index contributed by atoms with van der Waals surface area (Å²) < 4.78 is 11.4. The molecule has 1 heterocycles. The Bertz CT molecular complexity index is 414. The minimum absolute atomic E-state index is 0.262. The molecule has 2 rings (SSSR count). The Hall–Kier alpha value is -1.10. The second-order valence-electron chi connectivity index (χ2n) is 5.85. The molecule has 4 nitrogen and oxygen atoms in total. The van der Waals surface area contributed by atoms with Gasteiger partial charge in [-0.2, -0.15) is 0 Å². The number of morpholine rings is 1. The molecule has 0 aromatic heterocycles. The molecule has 0 aliphatic carbocycles. The molecular formula is C16H26NO3+. The van der Waals surface area contributed by atoms with Crippen LogP contribution in [0.25, 0.3) is 0 Å². The molecule has 1 aromatic rings. The van der Waals surface area contributed by atoms with Crippen LogP contribution in [0, 0.1) is 6.92 Å². The third-order valence-electron chi connectivity index (χ3n) is 3.67. The summed E-state index contributed by atoms with van der Waals surface area (Å²) in [5.41, 5.74) is 1.10. The number of nitrogens with one attached hydrogen (secondary N) is 1. The van der Waals surface area contributed by atoms with Crippen molar-refractivity contribution in [3.63, 3.8) is 0 Å². The maximum atomic E-state index is 10.1. The van der Waals surface area contributed by atoms with Gasteiger partial charge in [-0.1, -0.05) is 18.2 Å². The molecule has 112 valence electrons. The summed E-state index contributed by atoms with van der Waals surface area (Å²) in [6.07, 6.45) is 0.0820. The van der Waals surface area contributed by atoms with Gasteiger partial charge in [0.05, 0.1) is 0 Å². The molecular weight excluding hydrogens is 254 g/mol. The van der Waals surface area contributed by atoms with Crippen molar-refractivity contribution in [1.29, 1.82) is 0 Å². The van der Waals surface area contributed by atoms with E-state index in [-0.39, 0.29) is 12.2 Å². The van der Waals surface area contributed by atoms with E-state index in [1.165, 1.54) is 4.90 Å². The molecule has 3 atom stereocenters. The van der Waals surface area contributed by atoms with Gasteiger partial charge < -0.3 is 19.5 Å². The largest absolute Gasteiger partial charge is 0.490 e. The van der Waals surface area contributed by atoms with Crippen molar-refractivity contribution >= 4 is 0 Å². The molecule has 2 N–H and O–H groups in total. The Kier molecular flexibility index (Phi) is 5.40. The first-order chi connectivity index (χ1) is 9.54. The third kappa shape index (κ3) is 4.47. The number of para-hydroxylation sites is 1. The molecule has 20 heavy (non-hydrogen) atoms. The molecule has 1 aliphatic rings. The second kappa shape index (κ2) is 7.07. The van der Waals surface area contributed by atoms with Crippen LogP contribution >= 0.6 is 0 Å². The summed E-state index contributed by atoms with van der Waals surface area (Å²) in [7, 11) is 0. The molecule has 0 bridgehead atoms. The van der Waals surface area contributed by atoms with E-state index >= 15 is 0 Å².